The molecule has 0 aliphatic heterocycles. The lowest BCUT2D eigenvalue weighted by atomic mass is 10.0. The van der Waals surface area contributed by atoms with Crippen LogP contribution in [0.25, 0.3) is 0 Å². The minimum atomic E-state index is -5.04. The molecular formula is C10H8F3NO3. The summed E-state index contributed by atoms with van der Waals surface area (Å²) in [5, 5.41) is 11.1. The molecule has 0 heterocycles. The Morgan fingerprint density at radius 1 is 1.24 bits per heavy atom. The van der Waals surface area contributed by atoms with Gasteiger partial charge in [-0.2, -0.15) is 13.2 Å². The van der Waals surface area contributed by atoms with E-state index >= 15 is 0 Å². The number of para-hydroxylation sites is 1. The van der Waals surface area contributed by atoms with Crippen LogP contribution in [-0.2, 0) is 0 Å². The van der Waals surface area contributed by atoms with E-state index in [0.29, 0.717) is 0 Å². The van der Waals surface area contributed by atoms with E-state index in [1.165, 1.54) is 7.05 Å². The first kappa shape index (κ1) is 13.0. The van der Waals surface area contributed by atoms with E-state index in [1.54, 1.807) is 0 Å². The fourth-order valence-corrected chi connectivity index (χ4v) is 1.34. The Hall–Kier alpha value is -2.05. The Kier molecular flexibility index (Phi) is 3.40. The Morgan fingerprint density at radius 3 is 2.18 bits per heavy atom. The summed E-state index contributed by atoms with van der Waals surface area (Å²) >= 11 is 0. The molecule has 17 heavy (non-hydrogen) atoms. The number of rotatable bonds is 3. The van der Waals surface area contributed by atoms with Gasteiger partial charge in [0.05, 0.1) is 16.8 Å². The molecule has 0 amide bonds. The van der Waals surface area contributed by atoms with Gasteiger partial charge in [-0.05, 0) is 12.1 Å². The predicted octanol–water partition coefficient (Wildman–Crippen LogP) is 2.17. The number of carbonyl (C=O) groups is 2. The number of halogens is 3. The second-order valence-corrected chi connectivity index (χ2v) is 3.11. The average molecular weight is 247 g/mol. The van der Waals surface area contributed by atoms with Crippen molar-refractivity contribution in [1.82, 2.24) is 0 Å². The molecule has 0 atom stereocenters. The van der Waals surface area contributed by atoms with E-state index in [-0.39, 0.29) is 11.3 Å². The maximum Gasteiger partial charge on any atom is 0.454 e. The molecule has 1 aromatic carbocycles. The number of alkyl halides is 3. The van der Waals surface area contributed by atoms with Crippen LogP contribution in [0, 0.1) is 0 Å². The first-order chi connectivity index (χ1) is 7.79. The SMILES string of the molecule is CNc1c(C(=O)O)cccc1C(=O)C(F)(F)F. The number of anilines is 1. The van der Waals surface area contributed by atoms with Crippen LogP contribution >= 0.6 is 0 Å². The fraction of sp³-hybridized carbons (Fsp3) is 0.200. The largest absolute Gasteiger partial charge is 0.478 e. The van der Waals surface area contributed by atoms with Gasteiger partial charge in [0, 0.05) is 7.05 Å². The predicted molar refractivity (Wildman–Crippen MR) is 53.3 cm³/mol. The summed E-state index contributed by atoms with van der Waals surface area (Å²) < 4.78 is 36.8. The molecule has 0 unspecified atom stereocenters. The number of hydrogen-bond donors (Lipinski definition) is 2. The summed E-state index contributed by atoms with van der Waals surface area (Å²) in [5.74, 6) is -3.49. The van der Waals surface area contributed by atoms with Crippen LogP contribution < -0.4 is 5.32 Å². The van der Waals surface area contributed by atoms with Crippen LogP contribution in [0.5, 0.6) is 0 Å². The molecule has 0 bridgehead atoms. The quantitative estimate of drug-likeness (QED) is 0.803. The van der Waals surface area contributed by atoms with Crippen molar-refractivity contribution in [2.75, 3.05) is 12.4 Å². The monoisotopic (exact) mass is 247 g/mol. The fourth-order valence-electron chi connectivity index (χ4n) is 1.34. The lowest BCUT2D eigenvalue weighted by Crippen LogP contribution is -2.24. The van der Waals surface area contributed by atoms with Gasteiger partial charge in [-0.15, -0.1) is 0 Å². The summed E-state index contributed by atoms with van der Waals surface area (Å²) in [6, 6.07) is 3.12. The average Bonchev–Trinajstić information content (AvgIpc) is 2.25. The van der Waals surface area contributed by atoms with E-state index in [2.05, 4.69) is 5.32 Å². The summed E-state index contributed by atoms with van der Waals surface area (Å²) in [6.45, 7) is 0. The number of ketones is 1. The summed E-state index contributed by atoms with van der Waals surface area (Å²) in [5.41, 5.74) is -1.44. The van der Waals surface area contributed by atoms with Gasteiger partial charge < -0.3 is 10.4 Å². The first-order valence-corrected chi connectivity index (χ1v) is 4.44. The molecule has 7 heteroatoms. The highest BCUT2D eigenvalue weighted by atomic mass is 19.4. The van der Waals surface area contributed by atoms with Crippen molar-refractivity contribution in [3.8, 4) is 0 Å². The number of Topliss-reactive ketones (excluding diaryl/α,β-unsaturated/α-hetero) is 1. The molecule has 1 rings (SSSR count). The van der Waals surface area contributed by atoms with Gasteiger partial charge in [0.2, 0.25) is 0 Å². The smallest absolute Gasteiger partial charge is 0.454 e. The van der Waals surface area contributed by atoms with E-state index in [1.807, 2.05) is 0 Å². The van der Waals surface area contributed by atoms with Crippen molar-refractivity contribution in [3.05, 3.63) is 29.3 Å². The van der Waals surface area contributed by atoms with Crippen molar-refractivity contribution in [2.24, 2.45) is 0 Å². The molecule has 0 saturated heterocycles. The second-order valence-electron chi connectivity index (χ2n) is 3.11. The number of hydrogen-bond acceptors (Lipinski definition) is 3. The molecule has 0 spiro atoms. The zero-order chi connectivity index (χ0) is 13.2. The summed E-state index contributed by atoms with van der Waals surface area (Å²) in [4.78, 5) is 21.8. The zero-order valence-corrected chi connectivity index (χ0v) is 8.63. The Morgan fingerprint density at radius 2 is 1.76 bits per heavy atom. The van der Waals surface area contributed by atoms with Gasteiger partial charge in [-0.1, -0.05) is 6.07 Å². The third-order valence-electron chi connectivity index (χ3n) is 2.05. The highest BCUT2D eigenvalue weighted by Gasteiger charge is 2.40. The minimum Gasteiger partial charge on any atom is -0.478 e. The molecule has 0 aliphatic rings. The van der Waals surface area contributed by atoms with Crippen LogP contribution in [0.2, 0.25) is 0 Å². The Balaban J connectivity index is 3.40. The van der Waals surface area contributed by atoms with Crippen molar-refractivity contribution in [1.29, 1.82) is 0 Å². The minimum absolute atomic E-state index is 0.345. The lowest BCUT2D eigenvalue weighted by molar-refractivity contribution is -0.0884. The standard InChI is InChI=1S/C10H8F3NO3/c1-14-7-5(8(15)10(11,12)13)3-2-4-6(7)9(16)17/h2-4,14H,1H3,(H,16,17). The van der Waals surface area contributed by atoms with Crippen molar-refractivity contribution < 1.29 is 27.9 Å². The molecule has 0 aromatic heterocycles. The third-order valence-corrected chi connectivity index (χ3v) is 2.05. The normalized spacial score (nSPS) is 11.1. The number of carboxylic acids is 1. The van der Waals surface area contributed by atoms with Crippen molar-refractivity contribution >= 4 is 17.4 Å². The van der Waals surface area contributed by atoms with Crippen molar-refractivity contribution in [3.63, 3.8) is 0 Å². The van der Waals surface area contributed by atoms with Crippen molar-refractivity contribution in [2.45, 2.75) is 6.18 Å². The van der Waals surface area contributed by atoms with Gasteiger partial charge in [-0.3, -0.25) is 4.79 Å². The maximum atomic E-state index is 12.3. The topological polar surface area (TPSA) is 66.4 Å². The Bertz CT molecular complexity index is 468. The van der Waals surface area contributed by atoms with E-state index in [0.717, 1.165) is 18.2 Å². The molecule has 0 saturated carbocycles. The van der Waals surface area contributed by atoms with E-state index in [4.69, 9.17) is 5.11 Å². The molecule has 0 fully saturated rings. The van der Waals surface area contributed by atoms with Gasteiger partial charge in [0.15, 0.2) is 0 Å². The number of benzene rings is 1. The van der Waals surface area contributed by atoms with Gasteiger partial charge in [-0.25, -0.2) is 4.79 Å². The van der Waals surface area contributed by atoms with Gasteiger partial charge in [0.25, 0.3) is 5.78 Å². The molecule has 0 radical (unpaired) electrons. The summed E-state index contributed by atoms with van der Waals surface area (Å²) in [6.07, 6.45) is -5.04. The third kappa shape index (κ3) is 2.55. The molecule has 92 valence electrons. The highest BCUT2D eigenvalue weighted by molar-refractivity contribution is 6.09. The molecule has 4 nitrogen and oxygen atoms in total. The van der Waals surface area contributed by atoms with Crippen LogP contribution in [0.4, 0.5) is 18.9 Å². The first-order valence-electron chi connectivity index (χ1n) is 4.44. The van der Waals surface area contributed by atoms with Gasteiger partial charge in [0.1, 0.15) is 0 Å². The van der Waals surface area contributed by atoms with E-state index < -0.39 is 23.5 Å². The number of nitrogens with one attached hydrogen (secondary N) is 1. The number of carbonyl (C=O) groups excluding carboxylic acids is 1. The zero-order valence-electron chi connectivity index (χ0n) is 8.63. The van der Waals surface area contributed by atoms with Gasteiger partial charge >= 0.3 is 12.1 Å². The molecule has 1 aromatic rings. The molecule has 2 N–H and O–H groups in total. The number of carboxylic acid groups (broad SMARTS) is 1. The van der Waals surface area contributed by atoms with Crippen LogP contribution in [0.1, 0.15) is 20.7 Å². The maximum absolute atomic E-state index is 12.3. The second kappa shape index (κ2) is 4.44. The summed E-state index contributed by atoms with van der Waals surface area (Å²) in [7, 11) is 1.24. The van der Waals surface area contributed by atoms with Crippen LogP contribution in [0.15, 0.2) is 18.2 Å². The number of aromatic carboxylic acids is 1. The molecular weight excluding hydrogens is 239 g/mol. The van der Waals surface area contributed by atoms with Crippen LogP contribution in [0.3, 0.4) is 0 Å². The Labute approximate surface area is 94.1 Å². The van der Waals surface area contributed by atoms with E-state index in [9.17, 15) is 22.8 Å². The molecule has 0 aliphatic carbocycles. The highest BCUT2D eigenvalue weighted by Crippen LogP contribution is 2.28. The van der Waals surface area contributed by atoms with Crippen LogP contribution in [-0.4, -0.2) is 30.1 Å². The lowest BCUT2D eigenvalue weighted by Gasteiger charge is -2.12.